The molecule has 6 heteroatoms. The van der Waals surface area contributed by atoms with Crippen LogP contribution in [0.4, 0.5) is 0 Å². The van der Waals surface area contributed by atoms with Crippen molar-refractivity contribution in [2.75, 3.05) is 40.0 Å². The number of methoxy groups -OCH3 is 1. The highest BCUT2D eigenvalue weighted by Gasteiger charge is 2.23. The average Bonchev–Trinajstić information content (AvgIpc) is 3.16. The van der Waals surface area contributed by atoms with Crippen LogP contribution in [0.2, 0.25) is 0 Å². The molecule has 0 aliphatic carbocycles. The molecule has 1 aromatic heterocycles. The molecule has 0 unspecified atom stereocenters. The fraction of sp³-hybridized carbons (Fsp3) is 0.421. The van der Waals surface area contributed by atoms with Gasteiger partial charge in [-0.2, -0.15) is 0 Å². The van der Waals surface area contributed by atoms with E-state index in [0.29, 0.717) is 13.0 Å². The van der Waals surface area contributed by atoms with Gasteiger partial charge in [0.1, 0.15) is 5.75 Å². The number of benzene rings is 1. The van der Waals surface area contributed by atoms with Crippen molar-refractivity contribution in [3.05, 3.63) is 52.2 Å². The molecular weight excluding hydrogens is 336 g/mol. The molecule has 1 aromatic carbocycles. The van der Waals surface area contributed by atoms with Gasteiger partial charge in [0.25, 0.3) is 0 Å². The minimum absolute atomic E-state index is 0.0641. The van der Waals surface area contributed by atoms with Gasteiger partial charge in [-0.1, -0.05) is 18.2 Å². The number of thiophene rings is 1. The van der Waals surface area contributed by atoms with E-state index in [1.165, 1.54) is 5.56 Å². The maximum atomic E-state index is 12.3. The van der Waals surface area contributed by atoms with Gasteiger partial charge in [-0.25, -0.2) is 0 Å². The number of carbonyl (C=O) groups is 1. The van der Waals surface area contributed by atoms with Crippen molar-refractivity contribution >= 4 is 17.2 Å². The number of nitrogens with one attached hydrogen (secondary N) is 1. The number of rotatable bonds is 7. The molecule has 1 fully saturated rings. The van der Waals surface area contributed by atoms with E-state index in [0.717, 1.165) is 36.9 Å². The first-order valence-corrected chi connectivity index (χ1v) is 9.39. The standard InChI is InChI=1S/C19H24N2O3S/c1-23-16-6-4-15(5-7-16)18(21-8-10-24-11-9-21)14-20-19(22)13-17-3-2-12-25-17/h2-7,12,18H,8-11,13-14H2,1H3,(H,20,22)/t18-/m0/s1. The van der Waals surface area contributed by atoms with Gasteiger partial charge in [-0.15, -0.1) is 11.3 Å². The fourth-order valence-electron chi connectivity index (χ4n) is 3.02. The second kappa shape index (κ2) is 8.99. The zero-order valence-corrected chi connectivity index (χ0v) is 15.3. The van der Waals surface area contributed by atoms with E-state index in [-0.39, 0.29) is 11.9 Å². The summed E-state index contributed by atoms with van der Waals surface area (Å²) >= 11 is 1.61. The molecule has 0 radical (unpaired) electrons. The fourth-order valence-corrected chi connectivity index (χ4v) is 3.72. The van der Waals surface area contributed by atoms with Crippen LogP contribution in [0.3, 0.4) is 0 Å². The first kappa shape index (κ1) is 17.9. The van der Waals surface area contributed by atoms with Gasteiger partial charge in [-0.3, -0.25) is 9.69 Å². The Balaban J connectivity index is 1.65. The van der Waals surface area contributed by atoms with Crippen LogP contribution in [0.1, 0.15) is 16.5 Å². The van der Waals surface area contributed by atoms with Crippen molar-refractivity contribution in [2.45, 2.75) is 12.5 Å². The summed E-state index contributed by atoms with van der Waals surface area (Å²) in [7, 11) is 1.67. The van der Waals surface area contributed by atoms with Gasteiger partial charge >= 0.3 is 0 Å². The second-order valence-electron chi connectivity index (χ2n) is 6.00. The monoisotopic (exact) mass is 360 g/mol. The molecule has 2 aromatic rings. The van der Waals surface area contributed by atoms with E-state index in [9.17, 15) is 4.79 Å². The largest absolute Gasteiger partial charge is 0.497 e. The molecule has 1 saturated heterocycles. The van der Waals surface area contributed by atoms with E-state index in [2.05, 4.69) is 22.3 Å². The molecule has 1 N–H and O–H groups in total. The molecule has 1 aliphatic rings. The lowest BCUT2D eigenvalue weighted by Crippen LogP contribution is -2.44. The van der Waals surface area contributed by atoms with Crippen LogP contribution in [0.15, 0.2) is 41.8 Å². The summed E-state index contributed by atoms with van der Waals surface area (Å²) in [6.07, 6.45) is 0.441. The number of ether oxygens (including phenoxy) is 2. The molecule has 0 bridgehead atoms. The Morgan fingerprint density at radius 2 is 2.04 bits per heavy atom. The molecule has 25 heavy (non-hydrogen) atoms. The van der Waals surface area contributed by atoms with Crippen molar-refractivity contribution in [3.8, 4) is 5.75 Å². The SMILES string of the molecule is COc1ccc([C@H](CNC(=O)Cc2cccs2)N2CCOCC2)cc1. The van der Waals surface area contributed by atoms with E-state index < -0.39 is 0 Å². The quantitative estimate of drug-likeness (QED) is 0.824. The van der Waals surface area contributed by atoms with E-state index in [4.69, 9.17) is 9.47 Å². The third-order valence-electron chi connectivity index (χ3n) is 4.39. The first-order chi connectivity index (χ1) is 12.3. The van der Waals surface area contributed by atoms with Crippen LogP contribution in [-0.2, 0) is 16.0 Å². The topological polar surface area (TPSA) is 50.8 Å². The molecule has 2 heterocycles. The van der Waals surface area contributed by atoms with Crippen LogP contribution in [0.25, 0.3) is 0 Å². The zero-order chi connectivity index (χ0) is 17.5. The lowest BCUT2D eigenvalue weighted by atomic mass is 10.0. The second-order valence-corrected chi connectivity index (χ2v) is 7.03. The number of hydrogen-bond donors (Lipinski definition) is 1. The minimum Gasteiger partial charge on any atom is -0.497 e. The first-order valence-electron chi connectivity index (χ1n) is 8.51. The molecule has 0 spiro atoms. The van der Waals surface area contributed by atoms with Crippen LogP contribution in [0, 0.1) is 0 Å². The number of hydrogen-bond acceptors (Lipinski definition) is 5. The molecule has 0 saturated carbocycles. The molecule has 5 nitrogen and oxygen atoms in total. The summed E-state index contributed by atoms with van der Waals surface area (Å²) < 4.78 is 10.7. The summed E-state index contributed by atoms with van der Waals surface area (Å²) in [6, 6.07) is 12.2. The maximum absolute atomic E-state index is 12.3. The molecule has 1 atom stereocenters. The highest BCUT2D eigenvalue weighted by atomic mass is 32.1. The molecule has 1 amide bonds. The third kappa shape index (κ3) is 5.04. The van der Waals surface area contributed by atoms with Crippen LogP contribution < -0.4 is 10.1 Å². The summed E-state index contributed by atoms with van der Waals surface area (Å²) in [6.45, 7) is 3.80. The van der Waals surface area contributed by atoms with Gasteiger partial charge in [0.05, 0.1) is 32.8 Å². The van der Waals surface area contributed by atoms with Crippen molar-refractivity contribution in [1.29, 1.82) is 0 Å². The lowest BCUT2D eigenvalue weighted by molar-refractivity contribution is -0.120. The summed E-state index contributed by atoms with van der Waals surface area (Å²) in [5.41, 5.74) is 1.18. The summed E-state index contributed by atoms with van der Waals surface area (Å²) in [5.74, 6) is 0.903. The number of amides is 1. The highest BCUT2D eigenvalue weighted by molar-refractivity contribution is 7.10. The Morgan fingerprint density at radius 1 is 1.28 bits per heavy atom. The predicted octanol–water partition coefficient (Wildman–Crippen LogP) is 2.49. The third-order valence-corrected chi connectivity index (χ3v) is 5.27. The van der Waals surface area contributed by atoms with Crippen LogP contribution in [-0.4, -0.2) is 50.8 Å². The number of carbonyl (C=O) groups excluding carboxylic acids is 1. The van der Waals surface area contributed by atoms with Crippen LogP contribution in [0.5, 0.6) is 5.75 Å². The average molecular weight is 360 g/mol. The zero-order valence-electron chi connectivity index (χ0n) is 14.4. The Kier molecular flexibility index (Phi) is 6.44. The van der Waals surface area contributed by atoms with Crippen molar-refractivity contribution in [1.82, 2.24) is 10.2 Å². The van der Waals surface area contributed by atoms with Gasteiger partial charge in [0.2, 0.25) is 5.91 Å². The summed E-state index contributed by atoms with van der Waals surface area (Å²) in [5, 5.41) is 5.10. The van der Waals surface area contributed by atoms with Gasteiger partial charge in [-0.05, 0) is 29.1 Å². The number of morpholine rings is 1. The Labute approximate surface area is 152 Å². The lowest BCUT2D eigenvalue weighted by Gasteiger charge is -2.35. The maximum Gasteiger partial charge on any atom is 0.225 e. The van der Waals surface area contributed by atoms with Gasteiger partial charge < -0.3 is 14.8 Å². The number of nitrogens with zero attached hydrogens (tertiary/aromatic N) is 1. The predicted molar refractivity (Wildman–Crippen MR) is 99.2 cm³/mol. The Hall–Kier alpha value is -1.89. The van der Waals surface area contributed by atoms with Crippen molar-refractivity contribution < 1.29 is 14.3 Å². The molecule has 3 rings (SSSR count). The smallest absolute Gasteiger partial charge is 0.225 e. The molecular formula is C19H24N2O3S. The highest BCUT2D eigenvalue weighted by Crippen LogP contribution is 2.23. The van der Waals surface area contributed by atoms with Gasteiger partial charge in [0.15, 0.2) is 0 Å². The van der Waals surface area contributed by atoms with Gasteiger partial charge in [0, 0.05) is 24.5 Å². The Morgan fingerprint density at radius 3 is 2.68 bits per heavy atom. The van der Waals surface area contributed by atoms with Crippen molar-refractivity contribution in [3.63, 3.8) is 0 Å². The van der Waals surface area contributed by atoms with E-state index in [1.54, 1.807) is 18.4 Å². The van der Waals surface area contributed by atoms with Crippen molar-refractivity contribution in [2.24, 2.45) is 0 Å². The molecule has 1 aliphatic heterocycles. The molecule has 134 valence electrons. The van der Waals surface area contributed by atoms with Crippen LogP contribution >= 0.6 is 11.3 Å². The van der Waals surface area contributed by atoms with E-state index >= 15 is 0 Å². The van der Waals surface area contributed by atoms with E-state index in [1.807, 2.05) is 29.6 Å². The normalized spacial score (nSPS) is 16.4. The Bertz CT molecular complexity index is 652. The summed E-state index contributed by atoms with van der Waals surface area (Å²) in [4.78, 5) is 15.7. The minimum atomic E-state index is 0.0641.